The third-order valence-corrected chi connectivity index (χ3v) is 19.1. The van der Waals surface area contributed by atoms with Gasteiger partial charge in [-0.1, -0.05) is 291 Å². The van der Waals surface area contributed by atoms with E-state index < -0.39 is 124 Å². The van der Waals surface area contributed by atoms with Crippen LogP contribution in [0.25, 0.3) is 0 Å². The average molecular weight is 1420 g/mol. The summed E-state index contributed by atoms with van der Waals surface area (Å²) >= 11 is 0. The molecule has 3 aliphatic heterocycles. The first kappa shape index (κ1) is 90.9. The minimum absolute atomic E-state index is 0.242. The monoisotopic (exact) mass is 1420 g/mol. The lowest BCUT2D eigenvalue weighted by Gasteiger charge is -2.48. The topological polar surface area (TPSA) is 307 Å². The standard InChI is InChI=1S/C81H141NO18/c1-3-5-7-9-11-13-15-17-19-20-21-22-23-24-25-26-27-28-29-30-31-32-33-34-35-36-37-38-39-40-41-42-43-44-45-47-49-51-53-55-57-59-69(87)82-64(65(86)58-56-54-52-50-48-46-18-16-14-12-10-8-6-4-2)63-95-79-75(93)72(90)77(67(61-84)97-79)100-81-76(94)73(91)78(68(62-85)98-81)99-80-74(92)71(89)70(88)66(60-83)96-80/h5,7,11,13,17,19,21-22,24-25,27-28,30-31,56,58,64-68,70-81,83-86,88-94H,3-4,6,8-10,12,14-16,18,20,23,26,29,32-55,57,59-63H2,1-2H3,(H,82,87)/b7-5-,13-11-,19-17-,22-21-,25-24-,28-27-,31-30-,58-56+. The van der Waals surface area contributed by atoms with Crippen molar-refractivity contribution in [1.29, 1.82) is 0 Å². The molecule has 19 nitrogen and oxygen atoms in total. The van der Waals surface area contributed by atoms with Crippen LogP contribution in [0.3, 0.4) is 0 Å². The summed E-state index contributed by atoms with van der Waals surface area (Å²) < 4.78 is 34.4. The predicted molar refractivity (Wildman–Crippen MR) is 397 cm³/mol. The Bertz CT molecular complexity index is 2190. The highest BCUT2D eigenvalue weighted by atomic mass is 16.8. The summed E-state index contributed by atoms with van der Waals surface area (Å²) in [4.78, 5) is 13.4. The Labute approximate surface area is 603 Å². The molecule has 3 heterocycles. The molecule has 3 aliphatic rings. The summed E-state index contributed by atoms with van der Waals surface area (Å²) in [5.74, 6) is -0.275. The van der Waals surface area contributed by atoms with Gasteiger partial charge in [0, 0.05) is 6.42 Å². The number of aliphatic hydroxyl groups excluding tert-OH is 11. The van der Waals surface area contributed by atoms with E-state index >= 15 is 0 Å². The second kappa shape index (κ2) is 60.9. The van der Waals surface area contributed by atoms with Gasteiger partial charge in [-0.15, -0.1) is 0 Å². The van der Waals surface area contributed by atoms with Crippen molar-refractivity contribution >= 4 is 5.91 Å². The summed E-state index contributed by atoms with van der Waals surface area (Å²) in [7, 11) is 0. The summed E-state index contributed by atoms with van der Waals surface area (Å²) in [6.07, 6.45) is 55.5. The maximum Gasteiger partial charge on any atom is 0.220 e. The van der Waals surface area contributed by atoms with Crippen LogP contribution in [0.4, 0.5) is 0 Å². The average Bonchev–Trinajstić information content (AvgIpc) is 0.783. The van der Waals surface area contributed by atoms with Crippen LogP contribution in [0.5, 0.6) is 0 Å². The van der Waals surface area contributed by atoms with E-state index in [1.807, 2.05) is 6.08 Å². The number of hydrogen-bond donors (Lipinski definition) is 12. The lowest BCUT2D eigenvalue weighted by molar-refractivity contribution is -0.379. The Balaban J connectivity index is 1.29. The van der Waals surface area contributed by atoms with Gasteiger partial charge in [-0.2, -0.15) is 0 Å². The van der Waals surface area contributed by atoms with Gasteiger partial charge < -0.3 is 89.9 Å². The van der Waals surface area contributed by atoms with Crippen molar-refractivity contribution in [3.05, 3.63) is 97.2 Å². The molecule has 17 atom stereocenters. The van der Waals surface area contributed by atoms with Gasteiger partial charge in [0.2, 0.25) is 5.91 Å². The van der Waals surface area contributed by atoms with Crippen LogP contribution in [-0.2, 0) is 33.2 Å². The number of carbonyl (C=O) groups excluding carboxylic acids is 1. The molecule has 0 radical (unpaired) electrons. The number of amides is 1. The van der Waals surface area contributed by atoms with E-state index in [-0.39, 0.29) is 18.9 Å². The van der Waals surface area contributed by atoms with E-state index in [0.29, 0.717) is 6.42 Å². The minimum atomic E-state index is -1.98. The Morgan fingerprint density at radius 2 is 0.690 bits per heavy atom. The molecular formula is C81H141NO18. The smallest absolute Gasteiger partial charge is 0.220 e. The van der Waals surface area contributed by atoms with Gasteiger partial charge >= 0.3 is 0 Å². The van der Waals surface area contributed by atoms with Crippen molar-refractivity contribution in [2.75, 3.05) is 26.4 Å². The SMILES string of the molecule is CC/C=C\C/C=C\C/C=C\C/C=C\C/C=C\C/C=C\C/C=C\CCCCCCCCCCCCCCCCCCCCCC(=O)NC(COC1OC(CO)C(OC2OC(CO)C(OC3OC(CO)C(O)C(O)C3O)C(O)C2O)C(O)C1O)C(O)/C=C/CCCCCCCCCCCCCC. The molecule has 1 amide bonds. The number of unbranched alkanes of at least 4 members (excludes halogenated alkanes) is 31. The molecule has 578 valence electrons. The molecule has 0 aromatic carbocycles. The molecular weight excluding hydrogens is 1270 g/mol. The third kappa shape index (κ3) is 40.8. The van der Waals surface area contributed by atoms with Crippen LogP contribution in [0.1, 0.15) is 277 Å². The molecule has 0 saturated carbocycles. The highest BCUT2D eigenvalue weighted by molar-refractivity contribution is 5.76. The van der Waals surface area contributed by atoms with Crippen LogP contribution < -0.4 is 5.32 Å². The molecule has 17 unspecified atom stereocenters. The van der Waals surface area contributed by atoms with Gasteiger partial charge in [-0.3, -0.25) is 4.79 Å². The molecule has 3 fully saturated rings. The van der Waals surface area contributed by atoms with Crippen molar-refractivity contribution < 1.29 is 89.4 Å². The first-order valence-corrected chi connectivity index (χ1v) is 39.5. The summed E-state index contributed by atoms with van der Waals surface area (Å²) in [6.45, 7) is 1.62. The lowest BCUT2D eigenvalue weighted by atomic mass is 9.96. The van der Waals surface area contributed by atoms with Gasteiger partial charge in [0.15, 0.2) is 18.9 Å². The second-order valence-corrected chi connectivity index (χ2v) is 27.8. The minimum Gasteiger partial charge on any atom is -0.394 e. The molecule has 12 N–H and O–H groups in total. The maximum absolute atomic E-state index is 13.4. The van der Waals surface area contributed by atoms with Crippen LogP contribution in [0, 0.1) is 0 Å². The zero-order chi connectivity index (χ0) is 72.5. The lowest BCUT2D eigenvalue weighted by Crippen LogP contribution is -2.66. The third-order valence-electron chi connectivity index (χ3n) is 19.1. The number of hydrogen-bond acceptors (Lipinski definition) is 18. The van der Waals surface area contributed by atoms with Crippen molar-refractivity contribution in [2.45, 2.75) is 381 Å². The zero-order valence-corrected chi connectivity index (χ0v) is 61.6. The number of carbonyl (C=O) groups is 1. The van der Waals surface area contributed by atoms with Crippen molar-refractivity contribution in [3.63, 3.8) is 0 Å². The Hall–Kier alpha value is -3.29. The van der Waals surface area contributed by atoms with Crippen LogP contribution in [-0.4, -0.2) is 193 Å². The van der Waals surface area contributed by atoms with Gasteiger partial charge in [-0.25, -0.2) is 0 Å². The fourth-order valence-corrected chi connectivity index (χ4v) is 12.8. The van der Waals surface area contributed by atoms with E-state index in [4.69, 9.17) is 28.4 Å². The highest BCUT2D eigenvalue weighted by Crippen LogP contribution is 2.33. The number of allylic oxidation sites excluding steroid dienone is 15. The Morgan fingerprint density at radius 1 is 0.370 bits per heavy atom. The summed E-state index contributed by atoms with van der Waals surface area (Å²) in [5.41, 5.74) is 0. The summed E-state index contributed by atoms with van der Waals surface area (Å²) in [6, 6.07) is -0.975. The van der Waals surface area contributed by atoms with Gasteiger partial charge in [0.05, 0.1) is 38.6 Å². The first-order chi connectivity index (χ1) is 48.8. The Kier molecular flexibility index (Phi) is 55.4. The molecule has 0 spiro atoms. The number of aliphatic hydroxyl groups is 11. The molecule has 0 aromatic rings. The largest absolute Gasteiger partial charge is 0.394 e. The van der Waals surface area contributed by atoms with E-state index in [9.17, 15) is 61.0 Å². The first-order valence-electron chi connectivity index (χ1n) is 39.5. The molecule has 3 rings (SSSR count). The predicted octanol–water partition coefficient (Wildman–Crippen LogP) is 12.8. The van der Waals surface area contributed by atoms with Crippen molar-refractivity contribution in [2.24, 2.45) is 0 Å². The number of rotatable bonds is 61. The number of nitrogens with one attached hydrogen (secondary N) is 1. The molecule has 100 heavy (non-hydrogen) atoms. The fourth-order valence-electron chi connectivity index (χ4n) is 12.8. The molecule has 0 bridgehead atoms. The van der Waals surface area contributed by atoms with Gasteiger partial charge in [0.25, 0.3) is 0 Å². The van der Waals surface area contributed by atoms with E-state index in [1.165, 1.54) is 161 Å². The zero-order valence-electron chi connectivity index (χ0n) is 61.6. The van der Waals surface area contributed by atoms with E-state index in [0.717, 1.165) is 89.9 Å². The van der Waals surface area contributed by atoms with E-state index in [1.54, 1.807) is 6.08 Å². The van der Waals surface area contributed by atoms with Gasteiger partial charge in [-0.05, 0) is 77.0 Å². The van der Waals surface area contributed by atoms with Crippen LogP contribution >= 0.6 is 0 Å². The maximum atomic E-state index is 13.4. The fraction of sp³-hybridized carbons (Fsp3) is 0.790. The van der Waals surface area contributed by atoms with Gasteiger partial charge in [0.1, 0.15) is 73.2 Å². The second-order valence-electron chi connectivity index (χ2n) is 27.8. The summed E-state index contributed by atoms with van der Waals surface area (Å²) in [5, 5.41) is 121. The molecule has 0 aliphatic carbocycles. The molecule has 19 heteroatoms. The number of ether oxygens (including phenoxy) is 6. The Morgan fingerprint density at radius 3 is 1.08 bits per heavy atom. The van der Waals surface area contributed by atoms with Crippen molar-refractivity contribution in [1.82, 2.24) is 5.32 Å². The molecule has 0 aromatic heterocycles. The highest BCUT2D eigenvalue weighted by Gasteiger charge is 2.53. The van der Waals surface area contributed by atoms with Crippen molar-refractivity contribution in [3.8, 4) is 0 Å². The quantitative estimate of drug-likeness (QED) is 0.0199. The van der Waals surface area contributed by atoms with Crippen LogP contribution in [0.15, 0.2) is 97.2 Å². The molecule has 3 saturated heterocycles. The van der Waals surface area contributed by atoms with E-state index in [2.05, 4.69) is 104 Å². The van der Waals surface area contributed by atoms with Crippen LogP contribution in [0.2, 0.25) is 0 Å². The normalized spacial score (nSPS) is 27.0.